The molecule has 4 saturated heterocycles. The number of hydrogen-bond donors (Lipinski definition) is 3. The smallest absolute Gasteiger partial charge is 0.305 e. The average molecular weight is 997 g/mol. The van der Waals surface area contributed by atoms with Crippen LogP contribution in [0.2, 0.25) is 0 Å². The van der Waals surface area contributed by atoms with E-state index in [1.807, 2.05) is 128 Å². The highest BCUT2D eigenvalue weighted by Gasteiger charge is 2.53. The van der Waals surface area contributed by atoms with E-state index in [2.05, 4.69) is 10.6 Å². The minimum Gasteiger partial charge on any atom is -0.469 e. The fourth-order valence-electron chi connectivity index (χ4n) is 9.28. The van der Waals surface area contributed by atoms with Crippen LogP contribution in [0, 0.1) is 0 Å². The van der Waals surface area contributed by atoms with Crippen LogP contribution in [0.25, 0.3) is 0 Å². The van der Waals surface area contributed by atoms with Gasteiger partial charge in [-0.05, 0) is 37.8 Å². The molecule has 4 aromatic rings. The Balaban J connectivity index is 1.05. The van der Waals surface area contributed by atoms with Gasteiger partial charge in [0.2, 0.25) is 11.8 Å². The van der Waals surface area contributed by atoms with Crippen molar-refractivity contribution < 1.29 is 71.6 Å². The monoisotopic (exact) mass is 996 g/mol. The van der Waals surface area contributed by atoms with Gasteiger partial charge >= 0.3 is 5.97 Å². The van der Waals surface area contributed by atoms with Gasteiger partial charge in [0, 0.05) is 37.0 Å². The summed E-state index contributed by atoms with van der Waals surface area (Å²) in [5.41, 5.74) is 3.28. The number of aliphatic hydroxyl groups excluding tert-OH is 1. The molecule has 3 N–H and O–H groups in total. The lowest BCUT2D eigenvalue weighted by molar-refractivity contribution is -0.352. The summed E-state index contributed by atoms with van der Waals surface area (Å²) in [6, 6.07) is 36.2. The van der Waals surface area contributed by atoms with Gasteiger partial charge in [0.15, 0.2) is 25.2 Å². The van der Waals surface area contributed by atoms with E-state index in [0.29, 0.717) is 45.3 Å². The van der Waals surface area contributed by atoms with Gasteiger partial charge in [-0.25, -0.2) is 0 Å². The summed E-state index contributed by atoms with van der Waals surface area (Å²) in [5.74, 6) is -1.09. The van der Waals surface area contributed by atoms with E-state index in [9.17, 15) is 19.5 Å². The Bertz CT molecular complexity index is 2260. The number of ether oxygens (including phenoxy) is 11. The van der Waals surface area contributed by atoms with E-state index < -0.39 is 97.9 Å². The van der Waals surface area contributed by atoms with Crippen molar-refractivity contribution in [1.29, 1.82) is 0 Å². The number of carbonyl (C=O) groups is 3. The molecule has 0 bridgehead atoms. The molecule has 17 nitrogen and oxygen atoms in total. The molecule has 17 heteroatoms. The lowest BCUT2D eigenvalue weighted by Crippen LogP contribution is -2.69. The Hall–Kier alpha value is -5.15. The quantitative estimate of drug-likeness (QED) is 0.0637. The lowest BCUT2D eigenvalue weighted by atomic mass is 9.94. The summed E-state index contributed by atoms with van der Waals surface area (Å²) in [7, 11) is 1.36. The highest BCUT2D eigenvalue weighted by Crippen LogP contribution is 2.35. The number of benzene rings is 4. The zero-order chi connectivity index (χ0) is 50.2. The van der Waals surface area contributed by atoms with E-state index >= 15 is 0 Å². The predicted octanol–water partition coefficient (Wildman–Crippen LogP) is 6.12. The maximum Gasteiger partial charge on any atom is 0.305 e. The Morgan fingerprint density at radius 3 is 1.56 bits per heavy atom. The summed E-state index contributed by atoms with van der Waals surface area (Å²) in [4.78, 5) is 40.3. The van der Waals surface area contributed by atoms with Crippen LogP contribution in [0.4, 0.5) is 0 Å². The molecular formula is C55H68N2O15. The molecule has 388 valence electrons. The predicted molar refractivity (Wildman–Crippen MR) is 259 cm³/mol. The number of esters is 1. The molecule has 4 aliphatic heterocycles. The highest BCUT2D eigenvalue weighted by atomic mass is 16.8. The first-order valence-electron chi connectivity index (χ1n) is 25.0. The third-order valence-electron chi connectivity index (χ3n) is 13.2. The number of amides is 2. The first-order chi connectivity index (χ1) is 35.1. The maximum absolute atomic E-state index is 14.3. The van der Waals surface area contributed by atoms with Gasteiger partial charge in [-0.3, -0.25) is 14.4 Å². The number of hydrogen-bond acceptors (Lipinski definition) is 15. The number of methoxy groups -OCH3 is 1. The van der Waals surface area contributed by atoms with Gasteiger partial charge in [-0.2, -0.15) is 0 Å². The molecule has 0 spiro atoms. The molecule has 0 aliphatic carbocycles. The maximum atomic E-state index is 14.3. The van der Waals surface area contributed by atoms with E-state index in [-0.39, 0.29) is 32.2 Å². The van der Waals surface area contributed by atoms with Crippen LogP contribution in [0.5, 0.6) is 0 Å². The molecule has 4 fully saturated rings. The van der Waals surface area contributed by atoms with Crippen molar-refractivity contribution >= 4 is 17.8 Å². The Morgan fingerprint density at radius 2 is 1.04 bits per heavy atom. The summed E-state index contributed by atoms with van der Waals surface area (Å²) < 4.78 is 68.9. The van der Waals surface area contributed by atoms with Crippen LogP contribution in [0.1, 0.15) is 87.2 Å². The van der Waals surface area contributed by atoms with Crippen LogP contribution in [-0.2, 0) is 79.7 Å². The normalized spacial score (nSPS) is 30.7. The number of nitrogens with one attached hydrogen (secondary N) is 2. The van der Waals surface area contributed by atoms with Crippen LogP contribution < -0.4 is 10.6 Å². The summed E-state index contributed by atoms with van der Waals surface area (Å²) in [6.07, 6.45) is -9.03. The van der Waals surface area contributed by atoms with E-state index in [0.717, 1.165) is 22.3 Å². The van der Waals surface area contributed by atoms with Crippen molar-refractivity contribution in [3.8, 4) is 0 Å². The number of carbonyl (C=O) groups excluding carboxylic acids is 3. The SMILES string of the molecule is COC(=O)CCCCCO[C@H]1O[C@H](C)[C@@H](NC(=O)[C@@H]2CCO[C@@H](c3ccccc3)O2)[C@H](OCc2ccccc2)[C@@H]1O[C@H]1O[C@H](C)[C@@H](NC(=O)[C@@H]2CCO[C@@H](c3ccccc3)O2)[C@H](OCc2ccccc2)[C@@H]1O. The molecule has 0 aromatic heterocycles. The second-order valence-electron chi connectivity index (χ2n) is 18.4. The zero-order valence-corrected chi connectivity index (χ0v) is 41.1. The zero-order valence-electron chi connectivity index (χ0n) is 41.1. The molecule has 4 aliphatic rings. The Kier molecular flexibility index (Phi) is 19.7. The highest BCUT2D eigenvalue weighted by molar-refractivity contribution is 5.82. The Morgan fingerprint density at radius 1 is 0.569 bits per heavy atom. The largest absolute Gasteiger partial charge is 0.469 e. The molecule has 0 unspecified atom stereocenters. The van der Waals surface area contributed by atoms with Gasteiger partial charge in [-0.15, -0.1) is 0 Å². The molecule has 72 heavy (non-hydrogen) atoms. The fraction of sp³-hybridized carbons (Fsp3) is 0.509. The van der Waals surface area contributed by atoms with Crippen LogP contribution >= 0.6 is 0 Å². The third kappa shape index (κ3) is 14.3. The molecule has 0 saturated carbocycles. The summed E-state index contributed by atoms with van der Waals surface area (Å²) in [6.45, 7) is 4.63. The molecule has 4 heterocycles. The number of aliphatic hydroxyl groups is 1. The molecule has 0 radical (unpaired) electrons. The van der Waals surface area contributed by atoms with Crippen LogP contribution in [0.15, 0.2) is 121 Å². The number of unbranched alkanes of at least 4 members (excludes halogenated alkanes) is 2. The van der Waals surface area contributed by atoms with Gasteiger partial charge in [0.05, 0.1) is 57.8 Å². The van der Waals surface area contributed by atoms with Crippen molar-refractivity contribution in [1.82, 2.24) is 10.6 Å². The van der Waals surface area contributed by atoms with Gasteiger partial charge in [-0.1, -0.05) is 128 Å². The molecular weight excluding hydrogens is 929 g/mol. The summed E-state index contributed by atoms with van der Waals surface area (Å²) in [5, 5.41) is 18.7. The van der Waals surface area contributed by atoms with Crippen molar-refractivity contribution in [3.05, 3.63) is 144 Å². The van der Waals surface area contributed by atoms with Gasteiger partial charge < -0.3 is 67.8 Å². The van der Waals surface area contributed by atoms with E-state index in [1.165, 1.54) is 7.11 Å². The fourth-order valence-corrected chi connectivity index (χ4v) is 9.28. The van der Waals surface area contributed by atoms with Gasteiger partial charge in [0.25, 0.3) is 0 Å². The summed E-state index contributed by atoms with van der Waals surface area (Å²) >= 11 is 0. The van der Waals surface area contributed by atoms with Crippen molar-refractivity contribution in [3.63, 3.8) is 0 Å². The average Bonchev–Trinajstić information content (AvgIpc) is 3.42. The standard InChI is InChI=1S/C55H68N2O15/c1-35-44(56-50(60)41-28-31-64-52(70-41)39-23-13-6-14-24-39)47(66-33-37-19-9-4-10-20-37)46(59)54(68-35)72-49-48(67-34-38-21-11-5-12-22-38)45(36(2)69-55(49)63-30-18-8-17-27-43(58)62-3)57-51(61)42-29-32-65-53(71-42)40-25-15-7-16-26-40/h4-7,9-16,19-26,35-36,41-42,44-49,52-55,59H,8,17-18,27-34H2,1-3H3,(H,56,60)(H,57,61)/t35-,36-,41+,42+,44-,45-,46+,47+,48+,49+,52-,53-,54-,55+/m1/s1. The lowest BCUT2D eigenvalue weighted by Gasteiger charge is -2.49. The topological polar surface area (TPSA) is 197 Å². The minimum atomic E-state index is -1.49. The van der Waals surface area contributed by atoms with Crippen LogP contribution in [-0.4, -0.2) is 123 Å². The van der Waals surface area contributed by atoms with Crippen molar-refractivity contribution in [2.24, 2.45) is 0 Å². The van der Waals surface area contributed by atoms with Crippen LogP contribution in [0.3, 0.4) is 0 Å². The first-order valence-corrected chi connectivity index (χ1v) is 25.0. The number of rotatable bonds is 21. The van der Waals surface area contributed by atoms with E-state index in [4.69, 9.17) is 52.1 Å². The van der Waals surface area contributed by atoms with Crippen molar-refractivity contribution in [2.75, 3.05) is 26.9 Å². The van der Waals surface area contributed by atoms with Crippen molar-refractivity contribution in [2.45, 2.75) is 152 Å². The third-order valence-corrected chi connectivity index (χ3v) is 13.2. The molecule has 14 atom stereocenters. The molecule has 8 rings (SSSR count). The Labute approximate surface area is 421 Å². The van der Waals surface area contributed by atoms with Gasteiger partial charge in [0.1, 0.15) is 36.6 Å². The first kappa shape index (κ1) is 53.2. The second-order valence-corrected chi connectivity index (χ2v) is 18.4. The molecule has 4 aromatic carbocycles. The van der Waals surface area contributed by atoms with E-state index in [1.54, 1.807) is 6.92 Å². The molecule has 2 amide bonds. The minimum absolute atomic E-state index is 0.0975. The second kappa shape index (κ2) is 26.7.